The van der Waals surface area contributed by atoms with Gasteiger partial charge in [0.15, 0.2) is 0 Å². The lowest BCUT2D eigenvalue weighted by molar-refractivity contribution is 0.0650. The summed E-state index contributed by atoms with van der Waals surface area (Å²) in [4.78, 5) is 32.0. The molecular weight excluding hydrogens is 429 g/mol. The van der Waals surface area contributed by atoms with Gasteiger partial charge in [-0.1, -0.05) is 23.7 Å². The number of amides is 2. The van der Waals surface area contributed by atoms with Gasteiger partial charge in [-0.05, 0) is 61.7 Å². The molecule has 0 saturated carbocycles. The van der Waals surface area contributed by atoms with Crippen molar-refractivity contribution in [3.05, 3.63) is 76.2 Å². The van der Waals surface area contributed by atoms with Gasteiger partial charge in [-0.15, -0.1) is 0 Å². The molecule has 2 amide bonds. The molecule has 2 aromatic carbocycles. The van der Waals surface area contributed by atoms with E-state index in [0.717, 1.165) is 55.4 Å². The molecule has 164 valence electrons. The highest BCUT2D eigenvalue weighted by molar-refractivity contribution is 6.37. The summed E-state index contributed by atoms with van der Waals surface area (Å²) in [5.74, 6) is -0.777. The fourth-order valence-electron chi connectivity index (χ4n) is 4.62. The zero-order valence-corrected chi connectivity index (χ0v) is 18.3. The van der Waals surface area contributed by atoms with Crippen LogP contribution in [-0.2, 0) is 0 Å². The van der Waals surface area contributed by atoms with Crippen LogP contribution in [0.25, 0.3) is 16.5 Å². The lowest BCUT2D eigenvalue weighted by Gasteiger charge is -2.26. The third-order valence-electron chi connectivity index (χ3n) is 6.34. The number of unbranched alkanes of at least 4 members (excludes halogenated alkanes) is 1. The molecule has 3 heterocycles. The van der Waals surface area contributed by atoms with E-state index in [2.05, 4.69) is 16.0 Å². The molecule has 0 aliphatic carbocycles. The summed E-state index contributed by atoms with van der Waals surface area (Å²) in [5.41, 5.74) is 3.97. The molecule has 2 aliphatic heterocycles. The predicted octanol–water partition coefficient (Wildman–Crippen LogP) is 5.13. The van der Waals surface area contributed by atoms with E-state index in [1.807, 2.05) is 6.20 Å². The Morgan fingerprint density at radius 1 is 1.03 bits per heavy atom. The van der Waals surface area contributed by atoms with Gasteiger partial charge < -0.3 is 4.98 Å². The summed E-state index contributed by atoms with van der Waals surface area (Å²) in [6.07, 6.45) is 6.71. The van der Waals surface area contributed by atoms with Gasteiger partial charge in [-0.25, -0.2) is 4.39 Å². The molecule has 3 aromatic rings. The number of halogens is 2. The molecule has 5 rings (SSSR count). The molecule has 0 bridgehead atoms. The third kappa shape index (κ3) is 3.74. The highest BCUT2D eigenvalue weighted by Crippen LogP contribution is 2.31. The Hall–Kier alpha value is -2.96. The van der Waals surface area contributed by atoms with E-state index < -0.39 is 0 Å². The number of benzene rings is 2. The largest absolute Gasteiger partial charge is 0.361 e. The van der Waals surface area contributed by atoms with E-state index in [4.69, 9.17) is 11.6 Å². The number of aromatic amines is 1. The first kappa shape index (κ1) is 20.9. The second kappa shape index (κ2) is 8.52. The van der Waals surface area contributed by atoms with E-state index in [9.17, 15) is 14.0 Å². The molecule has 2 aliphatic rings. The Morgan fingerprint density at radius 2 is 1.88 bits per heavy atom. The molecule has 0 fully saturated rings. The molecule has 0 unspecified atom stereocenters. The summed E-state index contributed by atoms with van der Waals surface area (Å²) in [7, 11) is 0. The molecule has 0 atom stereocenters. The average Bonchev–Trinajstić information content (AvgIpc) is 3.31. The van der Waals surface area contributed by atoms with Crippen molar-refractivity contribution in [3.63, 3.8) is 0 Å². The first-order valence-electron chi connectivity index (χ1n) is 10.9. The fraction of sp³-hybridized carbons (Fsp3) is 0.280. The van der Waals surface area contributed by atoms with Crippen molar-refractivity contribution >= 4 is 39.9 Å². The quantitative estimate of drug-likeness (QED) is 0.417. The number of rotatable bonds is 6. The first-order chi connectivity index (χ1) is 15.5. The van der Waals surface area contributed by atoms with Crippen LogP contribution in [0.3, 0.4) is 0 Å². The van der Waals surface area contributed by atoms with E-state index in [1.165, 1.54) is 16.5 Å². The minimum atomic E-state index is -0.295. The van der Waals surface area contributed by atoms with Crippen molar-refractivity contribution in [2.45, 2.75) is 19.3 Å². The van der Waals surface area contributed by atoms with Gasteiger partial charge in [0.05, 0.1) is 16.1 Å². The number of fused-ring (bicyclic) bond motifs is 2. The summed E-state index contributed by atoms with van der Waals surface area (Å²) in [6, 6.07) is 9.81. The van der Waals surface area contributed by atoms with Crippen LogP contribution in [0.1, 0.15) is 45.5 Å². The lowest BCUT2D eigenvalue weighted by Crippen LogP contribution is -2.32. The van der Waals surface area contributed by atoms with Crippen molar-refractivity contribution in [1.82, 2.24) is 14.8 Å². The number of hydrogen-bond donors (Lipinski definition) is 1. The number of aromatic nitrogens is 1. The molecule has 7 heteroatoms. The molecule has 32 heavy (non-hydrogen) atoms. The fourth-order valence-corrected chi connectivity index (χ4v) is 4.87. The number of carbonyl (C=O) groups excluding carboxylic acids is 2. The van der Waals surface area contributed by atoms with Gasteiger partial charge >= 0.3 is 0 Å². The molecule has 0 saturated heterocycles. The minimum absolute atomic E-state index is 0.225. The van der Waals surface area contributed by atoms with Crippen molar-refractivity contribution < 1.29 is 14.0 Å². The summed E-state index contributed by atoms with van der Waals surface area (Å²) in [5, 5.41) is 1.25. The van der Waals surface area contributed by atoms with Gasteiger partial charge in [0.2, 0.25) is 0 Å². The number of H-pyrrole nitrogens is 1. The molecule has 1 N–H and O–H groups in total. The molecule has 0 radical (unpaired) electrons. The zero-order chi connectivity index (χ0) is 22.2. The van der Waals surface area contributed by atoms with E-state index in [-0.39, 0.29) is 17.6 Å². The SMILES string of the molecule is O=C1c2cccc(Cl)c2C(=O)N1CCCCN1CC=C(c2c[nH]c3ccc(F)cc23)CC1. The number of imide groups is 1. The van der Waals surface area contributed by atoms with Crippen LogP contribution >= 0.6 is 11.6 Å². The maximum Gasteiger partial charge on any atom is 0.263 e. The maximum atomic E-state index is 13.7. The van der Waals surface area contributed by atoms with E-state index in [1.54, 1.807) is 30.3 Å². The van der Waals surface area contributed by atoms with E-state index >= 15 is 0 Å². The number of hydrogen-bond acceptors (Lipinski definition) is 3. The molecular formula is C25H23ClFN3O2. The first-order valence-corrected chi connectivity index (χ1v) is 11.2. The Kier molecular flexibility index (Phi) is 5.57. The van der Waals surface area contributed by atoms with Crippen molar-refractivity contribution in [2.75, 3.05) is 26.2 Å². The van der Waals surface area contributed by atoms with Crippen LogP contribution in [-0.4, -0.2) is 52.8 Å². The molecule has 1 aromatic heterocycles. The smallest absolute Gasteiger partial charge is 0.263 e. The second-order valence-corrected chi connectivity index (χ2v) is 8.71. The zero-order valence-electron chi connectivity index (χ0n) is 17.5. The Bertz CT molecular complexity index is 1250. The van der Waals surface area contributed by atoms with Gasteiger partial charge in [0.1, 0.15) is 5.82 Å². The predicted molar refractivity (Wildman–Crippen MR) is 123 cm³/mol. The van der Waals surface area contributed by atoms with Crippen LogP contribution in [0.5, 0.6) is 0 Å². The number of nitrogens with zero attached hydrogens (tertiary/aromatic N) is 2. The monoisotopic (exact) mass is 451 g/mol. The molecule has 0 spiro atoms. The highest BCUT2D eigenvalue weighted by atomic mass is 35.5. The third-order valence-corrected chi connectivity index (χ3v) is 6.65. The summed E-state index contributed by atoms with van der Waals surface area (Å²) in [6.45, 7) is 3.06. The lowest BCUT2D eigenvalue weighted by atomic mass is 9.98. The topological polar surface area (TPSA) is 56.4 Å². The van der Waals surface area contributed by atoms with Gasteiger partial charge in [-0.3, -0.25) is 19.4 Å². The van der Waals surface area contributed by atoms with E-state index in [0.29, 0.717) is 22.7 Å². The minimum Gasteiger partial charge on any atom is -0.361 e. The van der Waals surface area contributed by atoms with Crippen LogP contribution < -0.4 is 0 Å². The normalized spacial score (nSPS) is 16.7. The van der Waals surface area contributed by atoms with Crippen LogP contribution in [0.15, 0.2) is 48.7 Å². The van der Waals surface area contributed by atoms with Gasteiger partial charge in [-0.2, -0.15) is 0 Å². The second-order valence-electron chi connectivity index (χ2n) is 8.30. The summed E-state index contributed by atoms with van der Waals surface area (Å²) >= 11 is 6.11. The number of carbonyl (C=O) groups is 2. The van der Waals surface area contributed by atoms with Crippen molar-refractivity contribution in [1.29, 1.82) is 0 Å². The highest BCUT2D eigenvalue weighted by Gasteiger charge is 2.36. The van der Waals surface area contributed by atoms with Gasteiger partial charge in [0, 0.05) is 42.3 Å². The number of nitrogens with one attached hydrogen (secondary N) is 1. The van der Waals surface area contributed by atoms with Crippen molar-refractivity contribution in [3.8, 4) is 0 Å². The Labute approximate surface area is 190 Å². The Balaban J connectivity index is 1.14. The maximum absolute atomic E-state index is 13.7. The molecule has 5 nitrogen and oxygen atoms in total. The standard InChI is InChI=1S/C25H23ClFN3O2/c26-21-5-3-4-18-23(21)25(32)30(24(18)31)11-2-1-10-29-12-8-16(9-13-29)20-15-28-22-7-6-17(27)14-19(20)22/h3-8,14-15,28H,1-2,9-13H2. The van der Waals surface area contributed by atoms with Crippen LogP contribution in [0.4, 0.5) is 4.39 Å². The van der Waals surface area contributed by atoms with Crippen LogP contribution in [0.2, 0.25) is 5.02 Å². The Morgan fingerprint density at radius 3 is 2.66 bits per heavy atom. The summed E-state index contributed by atoms with van der Waals surface area (Å²) < 4.78 is 13.7. The average molecular weight is 452 g/mol. The van der Waals surface area contributed by atoms with Crippen LogP contribution in [0, 0.1) is 5.82 Å². The van der Waals surface area contributed by atoms with Gasteiger partial charge in [0.25, 0.3) is 11.8 Å². The van der Waals surface area contributed by atoms with Crippen molar-refractivity contribution in [2.24, 2.45) is 0 Å².